The van der Waals surface area contributed by atoms with E-state index in [-0.39, 0.29) is 6.42 Å². The average molecular weight is 1170 g/mol. The quantitative estimate of drug-likeness (QED) is 0.0982. The molecule has 22 aliphatic rings. The van der Waals surface area contributed by atoms with Gasteiger partial charge in [-0.3, -0.25) is 4.79 Å². The lowest BCUT2D eigenvalue weighted by molar-refractivity contribution is -0.404. The van der Waals surface area contributed by atoms with Crippen LogP contribution in [0.1, 0.15) is 5.56 Å². The third kappa shape index (κ3) is 13.0. The van der Waals surface area contributed by atoms with Gasteiger partial charge in [0.2, 0.25) is 0 Å². The van der Waals surface area contributed by atoms with Crippen LogP contribution in [0.3, 0.4) is 0 Å². The number of benzene rings is 2. The number of aliphatic hydroxyl groups excluding tert-OH is 17. The van der Waals surface area contributed by atoms with Gasteiger partial charge in [-0.2, -0.15) is 0 Å². The largest absolute Gasteiger partial charge is 0.463 e. The van der Waals surface area contributed by atoms with Crippen molar-refractivity contribution in [3.05, 3.63) is 60.2 Å². The van der Waals surface area contributed by atoms with Gasteiger partial charge in [0.25, 0.3) is 0 Å². The maximum absolute atomic E-state index is 13.4. The molecule has 17 N–H and O–H groups in total. The van der Waals surface area contributed by atoms with Crippen molar-refractivity contribution in [2.45, 2.75) is 191 Å². The number of hydrogen-bond acceptors (Lipinski definition) is 31. The maximum Gasteiger partial charge on any atom is 0.310 e. The summed E-state index contributed by atoms with van der Waals surface area (Å²) < 4.78 is 75.1. The summed E-state index contributed by atoms with van der Waals surface area (Å²) in [6.07, 6.45) is -60.2. The van der Waals surface area contributed by atoms with E-state index in [9.17, 15) is 91.6 Å². The Morgan fingerprint density at radius 1 is 0.321 bits per heavy atom. The van der Waals surface area contributed by atoms with E-state index in [1.54, 1.807) is 24.3 Å². The topological polar surface area (TPSA) is 481 Å². The minimum absolute atomic E-state index is 0.299. The highest BCUT2D eigenvalue weighted by molar-refractivity contribution is 5.73. The molecule has 22 heterocycles. The summed E-state index contributed by atoms with van der Waals surface area (Å²) in [5, 5.41) is 190. The first-order valence-corrected chi connectivity index (χ1v) is 26.2. The maximum atomic E-state index is 13.4. The number of carbonyl (C=O) groups excluding carboxylic acids is 1. The summed E-state index contributed by atoms with van der Waals surface area (Å²) in [7, 11) is 0. The molecule has 30 atom stereocenters. The Hall–Kier alpha value is -3.25. The van der Waals surface area contributed by atoms with Crippen LogP contribution in [0.25, 0.3) is 11.1 Å². The third-order valence-corrected chi connectivity index (χ3v) is 15.3. The van der Waals surface area contributed by atoms with Crippen molar-refractivity contribution in [2.24, 2.45) is 0 Å². The predicted molar refractivity (Wildman–Crippen MR) is 255 cm³/mol. The minimum Gasteiger partial charge on any atom is -0.463 e. The first kappa shape index (κ1) is 62.3. The van der Waals surface area contributed by atoms with E-state index < -0.39 is 230 Å². The Balaban J connectivity index is 1.00. The number of rotatable bonds is 10. The zero-order valence-electron chi connectivity index (χ0n) is 42.8. The zero-order valence-corrected chi connectivity index (χ0v) is 42.8. The number of esters is 1. The molecule has 0 aromatic heterocycles. The molecule has 0 spiro atoms. The van der Waals surface area contributed by atoms with Crippen LogP contribution in [0.2, 0.25) is 0 Å². The molecule has 0 radical (unpaired) electrons. The van der Waals surface area contributed by atoms with Crippen LogP contribution < -0.4 is 0 Å². The van der Waals surface area contributed by atoms with Crippen LogP contribution in [0.5, 0.6) is 0 Å². The molecule has 24 rings (SSSR count). The SMILES string of the molecule is O=C(Cc1ccc(-c2ccccc2)cc1)OCC1OC2OC3C(CO)OC(OC4C(CO)OC(OC5C(CO)OC(OC6C(CO)OC(OC7C(CO)OC(OC1C(O)C2O)C(O)C7O)C(O)C6O)C(O)C5O)C(O)C4O)C(O)C3O. The van der Waals surface area contributed by atoms with Crippen molar-refractivity contribution in [3.8, 4) is 11.1 Å². The van der Waals surface area contributed by atoms with Gasteiger partial charge in [-0.15, -0.1) is 0 Å². The Morgan fingerprint density at radius 2 is 0.568 bits per heavy atom. The van der Waals surface area contributed by atoms with Crippen molar-refractivity contribution in [1.82, 2.24) is 0 Å². The molecule has 0 aliphatic carbocycles. The number of aliphatic hydroxyl groups is 17. The Labute approximate surface area is 459 Å². The Morgan fingerprint density at radius 3 is 0.840 bits per heavy atom. The summed E-state index contributed by atoms with van der Waals surface area (Å²) in [4.78, 5) is 13.4. The fourth-order valence-corrected chi connectivity index (χ4v) is 10.8. The molecular formula is C50H70O31. The fourth-order valence-electron chi connectivity index (χ4n) is 10.8. The van der Waals surface area contributed by atoms with Gasteiger partial charge < -0.3 is 148 Å². The summed E-state index contributed by atoms with van der Waals surface area (Å²) in [6, 6.07) is 16.3. The average Bonchev–Trinajstić information content (AvgIpc) is 3.66. The monoisotopic (exact) mass is 1170 g/mol. The molecule has 31 heteroatoms. The minimum atomic E-state index is -2.22. The van der Waals surface area contributed by atoms with E-state index >= 15 is 0 Å². The summed E-state index contributed by atoms with van der Waals surface area (Å²) >= 11 is 0. The van der Waals surface area contributed by atoms with Crippen molar-refractivity contribution < 1.29 is 153 Å². The lowest BCUT2D eigenvalue weighted by atomic mass is 9.94. The molecule has 0 saturated carbocycles. The number of hydrogen-bond donors (Lipinski definition) is 17. The Bertz CT molecular complexity index is 2280. The molecule has 456 valence electrons. The highest BCUT2D eigenvalue weighted by Crippen LogP contribution is 2.38. The Kier molecular flexibility index (Phi) is 20.8. The van der Waals surface area contributed by atoms with E-state index in [0.29, 0.717) is 5.56 Å². The van der Waals surface area contributed by atoms with Crippen LogP contribution in [0.4, 0.5) is 0 Å². The van der Waals surface area contributed by atoms with Gasteiger partial charge in [0.05, 0.1) is 39.5 Å². The van der Waals surface area contributed by atoms with Crippen LogP contribution >= 0.6 is 0 Å². The highest BCUT2D eigenvalue weighted by atomic mass is 16.8. The molecule has 31 nitrogen and oxygen atoms in total. The number of carbonyl (C=O) groups is 1. The van der Waals surface area contributed by atoms with Crippen molar-refractivity contribution in [2.75, 3.05) is 39.6 Å². The fraction of sp³-hybridized carbons (Fsp3) is 0.740. The van der Waals surface area contributed by atoms with Gasteiger partial charge in [0.1, 0.15) is 153 Å². The molecule has 22 aliphatic heterocycles. The first-order valence-electron chi connectivity index (χ1n) is 26.2. The highest BCUT2D eigenvalue weighted by Gasteiger charge is 2.59. The lowest BCUT2D eigenvalue weighted by Crippen LogP contribution is -2.69. The smallest absolute Gasteiger partial charge is 0.310 e. The predicted octanol–water partition coefficient (Wildman–Crippen LogP) is -9.59. The normalized spacial score (nSPS) is 47.1. The standard InChI is InChI=1S/C50H70O31/c51-11-20-39-27(57)33(63)45(70-20)77-40-21(12-52)72-47(35(65)29(40)59)79-42-23(14-54)74-49(37(67)31(42)61)81-44-25(16-69-26(56)10-17-6-8-19(9-7-17)18-4-2-1-3-5-18)75-50(38(68)32(44)62)80-43-24(15-55)73-48(36(66)30(43)60)78-41-22(13-53)71-46(76-39)34(64)28(41)58/h1-9,20-25,27-55,57-68H,10-16H2. The van der Waals surface area contributed by atoms with Gasteiger partial charge in [-0.05, 0) is 16.7 Å². The molecule has 30 unspecified atom stereocenters. The van der Waals surface area contributed by atoms with Gasteiger partial charge in [0, 0.05) is 0 Å². The van der Waals surface area contributed by atoms with Gasteiger partial charge in [-0.1, -0.05) is 54.6 Å². The van der Waals surface area contributed by atoms with E-state index in [2.05, 4.69) is 0 Å². The van der Waals surface area contributed by atoms with Gasteiger partial charge in [-0.25, -0.2) is 0 Å². The summed E-state index contributed by atoms with van der Waals surface area (Å²) in [5.41, 5.74) is 2.29. The molecule has 2 aromatic rings. The van der Waals surface area contributed by atoms with E-state index in [4.69, 9.17) is 61.6 Å². The second kappa shape index (κ2) is 27.0. The third-order valence-electron chi connectivity index (χ3n) is 15.3. The van der Waals surface area contributed by atoms with Crippen LogP contribution in [0, 0.1) is 0 Å². The van der Waals surface area contributed by atoms with Crippen molar-refractivity contribution >= 4 is 5.97 Å². The van der Waals surface area contributed by atoms with Crippen molar-refractivity contribution in [1.29, 1.82) is 0 Å². The molecule has 0 amide bonds. The molecule has 81 heavy (non-hydrogen) atoms. The second-order valence-corrected chi connectivity index (χ2v) is 20.6. The molecule has 2 aromatic carbocycles. The van der Waals surface area contributed by atoms with E-state index in [1.165, 1.54) is 0 Å². The molecular weight excluding hydrogens is 1100 g/mol. The molecule has 12 bridgehead atoms. The van der Waals surface area contributed by atoms with E-state index in [0.717, 1.165) is 11.1 Å². The van der Waals surface area contributed by atoms with Gasteiger partial charge >= 0.3 is 5.97 Å². The van der Waals surface area contributed by atoms with Gasteiger partial charge in [0.15, 0.2) is 37.7 Å². The van der Waals surface area contributed by atoms with E-state index in [1.807, 2.05) is 30.3 Å². The lowest BCUT2D eigenvalue weighted by Gasteiger charge is -2.50. The van der Waals surface area contributed by atoms with Crippen molar-refractivity contribution in [3.63, 3.8) is 0 Å². The molecule has 22 fully saturated rings. The summed E-state index contributed by atoms with van der Waals surface area (Å²) in [5.74, 6) is -0.847. The molecule has 22 saturated heterocycles. The first-order chi connectivity index (χ1) is 38.8. The van der Waals surface area contributed by atoms with Crippen LogP contribution in [-0.4, -0.2) is 317 Å². The number of ether oxygens (including phenoxy) is 13. The second-order valence-electron chi connectivity index (χ2n) is 20.6. The van der Waals surface area contributed by atoms with Crippen LogP contribution in [-0.2, 0) is 72.8 Å². The zero-order chi connectivity index (χ0) is 58.1. The van der Waals surface area contributed by atoms with Crippen LogP contribution in [0.15, 0.2) is 54.6 Å². The summed E-state index contributed by atoms with van der Waals surface area (Å²) in [6.45, 7) is -5.94.